The number of benzene rings is 2. The van der Waals surface area contributed by atoms with Crippen LogP contribution in [0.4, 0.5) is 5.13 Å². The summed E-state index contributed by atoms with van der Waals surface area (Å²) in [5, 5.41) is 11.6. The Kier molecular flexibility index (Phi) is 7.25. The molecule has 2 aromatic carbocycles. The van der Waals surface area contributed by atoms with E-state index in [1.807, 2.05) is 6.92 Å². The van der Waals surface area contributed by atoms with Crippen molar-refractivity contribution in [2.24, 2.45) is 0 Å². The quantitative estimate of drug-likeness (QED) is 0.197. The number of hydrogen-bond donors (Lipinski definition) is 1. The third-order valence-corrected chi connectivity index (χ3v) is 7.33. The molecule has 11 heteroatoms. The number of aliphatic hydroxyl groups excluding tert-OH is 1. The van der Waals surface area contributed by atoms with Crippen LogP contribution in [0, 0.1) is 6.92 Å². The SMILES string of the molecule is CCOC(=O)c1sc(N2C(=O)C(=O)C(=C(O)c3ccc4c(c3)OCCO4)C2c2cccc(OCC)c2)nc1C. The minimum absolute atomic E-state index is 0.129. The zero-order valence-corrected chi connectivity index (χ0v) is 22.4. The number of anilines is 1. The van der Waals surface area contributed by atoms with Crippen molar-refractivity contribution in [3.8, 4) is 17.2 Å². The van der Waals surface area contributed by atoms with E-state index in [0.717, 1.165) is 11.3 Å². The van der Waals surface area contributed by atoms with E-state index >= 15 is 0 Å². The van der Waals surface area contributed by atoms with Gasteiger partial charge < -0.3 is 24.1 Å². The van der Waals surface area contributed by atoms with Crippen LogP contribution >= 0.6 is 11.3 Å². The number of fused-ring (bicyclic) bond motifs is 1. The zero-order chi connectivity index (χ0) is 27.7. The zero-order valence-electron chi connectivity index (χ0n) is 21.6. The second kappa shape index (κ2) is 10.8. The summed E-state index contributed by atoms with van der Waals surface area (Å²) in [5.74, 6) is -1.25. The van der Waals surface area contributed by atoms with Crippen LogP contribution in [-0.2, 0) is 14.3 Å². The van der Waals surface area contributed by atoms with Gasteiger partial charge in [0.25, 0.3) is 5.78 Å². The van der Waals surface area contributed by atoms with Gasteiger partial charge in [-0.05, 0) is 56.7 Å². The van der Waals surface area contributed by atoms with Crippen molar-refractivity contribution in [2.75, 3.05) is 31.3 Å². The smallest absolute Gasteiger partial charge is 0.350 e. The Morgan fingerprint density at radius 1 is 1.10 bits per heavy atom. The standard InChI is InChI=1S/C28H26N2O8S/c1-4-35-18-8-6-7-16(13-18)22-21(23(31)17-9-10-19-20(14-17)38-12-11-37-19)24(32)26(33)30(22)28-29-15(3)25(39-28)27(34)36-5-2/h6-10,13-14,22,31H,4-5,11-12H2,1-3H3. The number of hydrogen-bond acceptors (Lipinski definition) is 10. The summed E-state index contributed by atoms with van der Waals surface area (Å²) in [6.45, 7) is 6.50. The van der Waals surface area contributed by atoms with E-state index in [1.165, 1.54) is 4.90 Å². The average molecular weight is 551 g/mol. The maximum Gasteiger partial charge on any atom is 0.350 e. The molecule has 1 atom stereocenters. The van der Waals surface area contributed by atoms with Gasteiger partial charge in [-0.15, -0.1) is 0 Å². The molecule has 0 saturated carbocycles. The number of ketones is 1. The van der Waals surface area contributed by atoms with Crippen LogP contribution in [0.5, 0.6) is 17.2 Å². The predicted molar refractivity (Wildman–Crippen MR) is 143 cm³/mol. The first-order chi connectivity index (χ1) is 18.8. The number of esters is 1. The topological polar surface area (TPSA) is 124 Å². The minimum Gasteiger partial charge on any atom is -0.507 e. The molecule has 1 saturated heterocycles. The number of Topliss-reactive ketones (excluding diaryl/α,β-unsaturated/α-hetero) is 1. The third-order valence-electron chi connectivity index (χ3n) is 6.20. The number of aromatic nitrogens is 1. The number of rotatable bonds is 7. The van der Waals surface area contributed by atoms with E-state index < -0.39 is 23.7 Å². The third kappa shape index (κ3) is 4.81. The molecule has 1 fully saturated rings. The molecule has 0 bridgehead atoms. The van der Waals surface area contributed by atoms with Crippen LogP contribution in [0.3, 0.4) is 0 Å². The fourth-order valence-corrected chi connectivity index (χ4v) is 5.49. The maximum atomic E-state index is 13.5. The van der Waals surface area contributed by atoms with Gasteiger partial charge in [-0.25, -0.2) is 9.78 Å². The summed E-state index contributed by atoms with van der Waals surface area (Å²) in [6.07, 6.45) is 0. The van der Waals surface area contributed by atoms with E-state index in [0.29, 0.717) is 48.3 Å². The Hall–Kier alpha value is -4.38. The lowest BCUT2D eigenvalue weighted by Gasteiger charge is -2.23. The van der Waals surface area contributed by atoms with Crippen LogP contribution < -0.4 is 19.1 Å². The normalized spacial score (nSPS) is 17.8. The largest absolute Gasteiger partial charge is 0.507 e. The van der Waals surface area contributed by atoms with E-state index in [1.54, 1.807) is 56.3 Å². The molecule has 1 N–H and O–H groups in total. The first kappa shape index (κ1) is 26.2. The van der Waals surface area contributed by atoms with Gasteiger partial charge in [0.1, 0.15) is 29.6 Å². The molecular formula is C28H26N2O8S. The molecule has 3 aromatic rings. The second-order valence-corrected chi connectivity index (χ2v) is 9.64. The molecule has 5 rings (SSSR count). The number of ether oxygens (including phenoxy) is 4. The molecule has 3 heterocycles. The summed E-state index contributed by atoms with van der Waals surface area (Å²) < 4.78 is 22.0. The van der Waals surface area contributed by atoms with Gasteiger partial charge in [0.15, 0.2) is 16.6 Å². The lowest BCUT2D eigenvalue weighted by Crippen LogP contribution is -2.29. The fraction of sp³-hybridized carbons (Fsp3) is 0.286. The summed E-state index contributed by atoms with van der Waals surface area (Å²) in [6, 6.07) is 10.7. The average Bonchev–Trinajstić information content (AvgIpc) is 3.45. The minimum atomic E-state index is -1.04. The van der Waals surface area contributed by atoms with Crippen LogP contribution in [0.25, 0.3) is 5.76 Å². The number of carbonyl (C=O) groups is 3. The molecule has 0 aliphatic carbocycles. The number of aryl methyl sites for hydroxylation is 1. The number of aliphatic hydroxyl groups is 1. The summed E-state index contributed by atoms with van der Waals surface area (Å²) >= 11 is 0.947. The highest BCUT2D eigenvalue weighted by Crippen LogP contribution is 2.45. The summed E-state index contributed by atoms with van der Waals surface area (Å²) in [7, 11) is 0. The number of nitrogens with zero attached hydrogens (tertiary/aromatic N) is 2. The first-order valence-corrected chi connectivity index (χ1v) is 13.2. The Morgan fingerprint density at radius 3 is 2.62 bits per heavy atom. The molecular weight excluding hydrogens is 524 g/mol. The van der Waals surface area contributed by atoms with Crippen molar-refractivity contribution in [2.45, 2.75) is 26.8 Å². The van der Waals surface area contributed by atoms with Gasteiger partial charge in [-0.2, -0.15) is 0 Å². The van der Waals surface area contributed by atoms with Crippen molar-refractivity contribution in [1.29, 1.82) is 0 Å². The first-order valence-electron chi connectivity index (χ1n) is 12.4. The fourth-order valence-electron chi connectivity index (χ4n) is 4.50. The van der Waals surface area contributed by atoms with Gasteiger partial charge in [0.05, 0.1) is 30.5 Å². The predicted octanol–water partition coefficient (Wildman–Crippen LogP) is 4.42. The maximum absolute atomic E-state index is 13.5. The molecule has 1 aromatic heterocycles. The number of carbonyl (C=O) groups excluding carboxylic acids is 3. The lowest BCUT2D eigenvalue weighted by atomic mass is 9.95. The van der Waals surface area contributed by atoms with Gasteiger partial charge in [-0.1, -0.05) is 23.5 Å². The van der Waals surface area contributed by atoms with Crippen molar-refractivity contribution in [1.82, 2.24) is 4.98 Å². The van der Waals surface area contributed by atoms with Crippen molar-refractivity contribution < 1.29 is 38.4 Å². The monoisotopic (exact) mass is 550 g/mol. The molecule has 1 unspecified atom stereocenters. The molecule has 1 amide bonds. The van der Waals surface area contributed by atoms with Gasteiger partial charge in [-0.3, -0.25) is 14.5 Å². The molecule has 39 heavy (non-hydrogen) atoms. The van der Waals surface area contributed by atoms with Crippen molar-refractivity contribution in [3.63, 3.8) is 0 Å². The van der Waals surface area contributed by atoms with E-state index in [4.69, 9.17) is 18.9 Å². The molecule has 2 aliphatic heterocycles. The van der Waals surface area contributed by atoms with Crippen LogP contribution in [-0.4, -0.2) is 54.2 Å². The Bertz CT molecular complexity index is 1490. The van der Waals surface area contributed by atoms with Crippen molar-refractivity contribution in [3.05, 3.63) is 69.7 Å². The number of thiazole rings is 1. The van der Waals surface area contributed by atoms with Gasteiger partial charge in [0, 0.05) is 5.56 Å². The second-order valence-electron chi connectivity index (χ2n) is 8.66. The van der Waals surface area contributed by atoms with Crippen molar-refractivity contribution >= 4 is 39.9 Å². The highest BCUT2D eigenvalue weighted by atomic mass is 32.1. The summed E-state index contributed by atoms with van der Waals surface area (Å²) in [5.41, 5.74) is 1.04. The van der Waals surface area contributed by atoms with Crippen LogP contribution in [0.1, 0.15) is 46.4 Å². The molecule has 2 aliphatic rings. The number of amides is 1. The van der Waals surface area contributed by atoms with E-state index in [2.05, 4.69) is 4.98 Å². The molecule has 10 nitrogen and oxygen atoms in total. The highest BCUT2D eigenvalue weighted by molar-refractivity contribution is 7.17. The Balaban J connectivity index is 1.67. The van der Waals surface area contributed by atoms with Crippen LogP contribution in [0.2, 0.25) is 0 Å². The van der Waals surface area contributed by atoms with Gasteiger partial charge >= 0.3 is 11.9 Å². The lowest BCUT2D eigenvalue weighted by molar-refractivity contribution is -0.132. The Morgan fingerprint density at radius 2 is 1.87 bits per heavy atom. The Labute approximate surface area is 228 Å². The highest BCUT2D eigenvalue weighted by Gasteiger charge is 2.48. The molecule has 0 spiro atoms. The van der Waals surface area contributed by atoms with E-state index in [9.17, 15) is 19.5 Å². The van der Waals surface area contributed by atoms with Gasteiger partial charge in [0.2, 0.25) is 0 Å². The van der Waals surface area contributed by atoms with Crippen LogP contribution in [0.15, 0.2) is 48.0 Å². The summed E-state index contributed by atoms with van der Waals surface area (Å²) in [4.78, 5) is 45.3. The molecule has 0 radical (unpaired) electrons. The van der Waals surface area contributed by atoms with E-state index in [-0.39, 0.29) is 33.5 Å². The molecule has 202 valence electrons.